The first-order valence-electron chi connectivity index (χ1n) is 6.68. The van der Waals surface area contributed by atoms with Crippen LogP contribution in [-0.2, 0) is 20.7 Å². The second-order valence-electron chi connectivity index (χ2n) is 5.07. The highest BCUT2D eigenvalue weighted by Crippen LogP contribution is 2.24. The van der Waals surface area contributed by atoms with Crippen molar-refractivity contribution in [1.29, 1.82) is 0 Å². The first-order chi connectivity index (χ1) is 10.3. The summed E-state index contributed by atoms with van der Waals surface area (Å²) in [7, 11) is -3.48. The van der Waals surface area contributed by atoms with Crippen molar-refractivity contribution < 1.29 is 12.6 Å². The largest absolute Gasteiger partial charge is 0.270 e. The molecule has 1 unspecified atom stereocenters. The first kappa shape index (κ1) is 17.3. The normalized spacial score (nSPS) is 13.0. The fraction of sp³-hybridized carbons (Fsp3) is 0.250. The van der Waals surface area contributed by atoms with Gasteiger partial charge in [0, 0.05) is 16.0 Å². The number of halogens is 2. The topological polar surface area (TPSA) is 43.4 Å². The molecule has 0 saturated heterocycles. The molecule has 0 aliphatic rings. The van der Waals surface area contributed by atoms with E-state index in [2.05, 4.69) is 0 Å². The molecule has 0 N–H and O–H groups in total. The molecule has 6 heteroatoms. The predicted octanol–water partition coefficient (Wildman–Crippen LogP) is 4.30. The molecule has 0 amide bonds. The zero-order valence-corrected chi connectivity index (χ0v) is 14.3. The Bertz CT molecular complexity index is 710. The molecule has 0 spiro atoms. The van der Waals surface area contributed by atoms with E-state index in [0.717, 1.165) is 17.4 Å². The van der Waals surface area contributed by atoms with Crippen molar-refractivity contribution in [2.24, 2.45) is 0 Å². The van der Waals surface area contributed by atoms with E-state index < -0.39 is 10.1 Å². The average Bonchev–Trinajstić information content (AvgIpc) is 2.45. The maximum absolute atomic E-state index is 11.3. The van der Waals surface area contributed by atoms with Gasteiger partial charge in [-0.25, -0.2) is 0 Å². The monoisotopic (exact) mass is 358 g/mol. The maximum Gasteiger partial charge on any atom is 0.264 e. The molecule has 0 bridgehead atoms. The molecular weight excluding hydrogens is 343 g/mol. The van der Waals surface area contributed by atoms with Crippen molar-refractivity contribution >= 4 is 33.3 Å². The van der Waals surface area contributed by atoms with Gasteiger partial charge in [0.15, 0.2) is 0 Å². The number of hydrogen-bond acceptors (Lipinski definition) is 3. The van der Waals surface area contributed by atoms with E-state index in [9.17, 15) is 8.42 Å². The summed E-state index contributed by atoms with van der Waals surface area (Å²) in [4.78, 5) is 0. The van der Waals surface area contributed by atoms with Gasteiger partial charge in [-0.05, 0) is 41.8 Å². The van der Waals surface area contributed by atoms with E-state index in [1.54, 1.807) is 12.1 Å². The minimum atomic E-state index is -3.48. The molecule has 0 heterocycles. The molecule has 118 valence electrons. The Balaban J connectivity index is 2.20. The van der Waals surface area contributed by atoms with E-state index >= 15 is 0 Å². The Morgan fingerprint density at radius 3 is 1.95 bits per heavy atom. The van der Waals surface area contributed by atoms with Crippen molar-refractivity contribution in [1.82, 2.24) is 0 Å². The molecule has 0 aliphatic heterocycles. The van der Waals surface area contributed by atoms with Crippen LogP contribution in [0.4, 0.5) is 0 Å². The minimum absolute atomic E-state index is 0.0864. The standard InChI is InChI=1S/C16H16Cl2O3S/c1-22(19,20)21-11-14(13-4-8-16(18)9-5-13)10-12-2-6-15(17)7-3-12/h2-9,14H,10-11H2,1H3. The summed E-state index contributed by atoms with van der Waals surface area (Å²) in [5, 5.41) is 1.30. The molecule has 2 aromatic carbocycles. The van der Waals surface area contributed by atoms with Gasteiger partial charge in [0.05, 0.1) is 12.9 Å². The summed E-state index contributed by atoms with van der Waals surface area (Å²) in [6, 6.07) is 14.8. The van der Waals surface area contributed by atoms with Gasteiger partial charge in [0.1, 0.15) is 0 Å². The van der Waals surface area contributed by atoms with Gasteiger partial charge in [0.25, 0.3) is 10.1 Å². The number of hydrogen-bond donors (Lipinski definition) is 0. The highest BCUT2D eigenvalue weighted by molar-refractivity contribution is 7.85. The van der Waals surface area contributed by atoms with Crippen LogP contribution >= 0.6 is 23.2 Å². The van der Waals surface area contributed by atoms with Crippen LogP contribution in [-0.4, -0.2) is 21.3 Å². The third kappa shape index (κ3) is 5.61. The quantitative estimate of drug-likeness (QED) is 0.723. The molecule has 22 heavy (non-hydrogen) atoms. The third-order valence-electron chi connectivity index (χ3n) is 3.22. The predicted molar refractivity (Wildman–Crippen MR) is 90.1 cm³/mol. The van der Waals surface area contributed by atoms with Crippen LogP contribution in [0.25, 0.3) is 0 Å². The summed E-state index contributed by atoms with van der Waals surface area (Å²) < 4.78 is 27.5. The lowest BCUT2D eigenvalue weighted by atomic mass is 9.93. The van der Waals surface area contributed by atoms with E-state index in [-0.39, 0.29) is 12.5 Å². The zero-order valence-electron chi connectivity index (χ0n) is 12.0. The zero-order chi connectivity index (χ0) is 16.2. The second-order valence-corrected chi connectivity index (χ2v) is 7.58. The van der Waals surface area contributed by atoms with Gasteiger partial charge in [0.2, 0.25) is 0 Å². The summed E-state index contributed by atoms with van der Waals surface area (Å²) >= 11 is 11.8. The van der Waals surface area contributed by atoms with Crippen LogP contribution in [0.1, 0.15) is 17.0 Å². The summed E-state index contributed by atoms with van der Waals surface area (Å²) in [5.41, 5.74) is 2.03. The first-order valence-corrected chi connectivity index (χ1v) is 9.25. The summed E-state index contributed by atoms with van der Waals surface area (Å²) in [6.07, 6.45) is 1.70. The summed E-state index contributed by atoms with van der Waals surface area (Å²) in [6.45, 7) is 0.0864. The molecule has 0 saturated carbocycles. The minimum Gasteiger partial charge on any atom is -0.270 e. The molecule has 3 nitrogen and oxygen atoms in total. The average molecular weight is 359 g/mol. The van der Waals surface area contributed by atoms with Crippen molar-refractivity contribution in [2.75, 3.05) is 12.9 Å². The van der Waals surface area contributed by atoms with Crippen LogP contribution in [0.2, 0.25) is 10.0 Å². The Hall–Kier alpha value is -1.07. The van der Waals surface area contributed by atoms with Gasteiger partial charge in [-0.1, -0.05) is 47.5 Å². The van der Waals surface area contributed by atoms with Crippen LogP contribution in [0.3, 0.4) is 0 Å². The number of benzene rings is 2. The highest BCUT2D eigenvalue weighted by Gasteiger charge is 2.16. The van der Waals surface area contributed by atoms with Gasteiger partial charge < -0.3 is 0 Å². The highest BCUT2D eigenvalue weighted by atomic mass is 35.5. The van der Waals surface area contributed by atoms with Gasteiger partial charge in [-0.2, -0.15) is 8.42 Å². The van der Waals surface area contributed by atoms with Crippen LogP contribution in [0.15, 0.2) is 48.5 Å². The van der Waals surface area contributed by atoms with E-state index in [1.165, 1.54) is 0 Å². The van der Waals surface area contributed by atoms with Crippen LogP contribution < -0.4 is 0 Å². The molecule has 0 fully saturated rings. The fourth-order valence-corrected chi connectivity index (χ4v) is 2.78. The SMILES string of the molecule is CS(=O)(=O)OCC(Cc1ccc(Cl)cc1)c1ccc(Cl)cc1. The Kier molecular flexibility index (Phi) is 5.87. The van der Waals surface area contributed by atoms with E-state index in [4.69, 9.17) is 27.4 Å². The molecule has 0 aromatic heterocycles. The smallest absolute Gasteiger partial charge is 0.264 e. The van der Waals surface area contributed by atoms with Crippen molar-refractivity contribution in [3.63, 3.8) is 0 Å². The van der Waals surface area contributed by atoms with Crippen molar-refractivity contribution in [2.45, 2.75) is 12.3 Å². The number of rotatable bonds is 6. The Morgan fingerprint density at radius 1 is 0.955 bits per heavy atom. The Labute approximate surface area is 141 Å². The molecule has 2 aromatic rings. The van der Waals surface area contributed by atoms with Gasteiger partial charge in [-0.3, -0.25) is 4.18 Å². The lowest BCUT2D eigenvalue weighted by Crippen LogP contribution is -2.14. The lowest BCUT2D eigenvalue weighted by molar-refractivity contribution is 0.293. The molecule has 2 rings (SSSR count). The van der Waals surface area contributed by atoms with E-state index in [0.29, 0.717) is 16.5 Å². The van der Waals surface area contributed by atoms with Crippen molar-refractivity contribution in [3.05, 3.63) is 69.7 Å². The Morgan fingerprint density at radius 2 is 1.45 bits per heavy atom. The third-order valence-corrected chi connectivity index (χ3v) is 4.29. The molecular formula is C16H16Cl2O3S. The fourth-order valence-electron chi connectivity index (χ4n) is 2.12. The molecule has 1 atom stereocenters. The second kappa shape index (κ2) is 7.47. The summed E-state index contributed by atoms with van der Waals surface area (Å²) in [5.74, 6) is -0.0897. The van der Waals surface area contributed by atoms with Crippen LogP contribution in [0.5, 0.6) is 0 Å². The maximum atomic E-state index is 11.3. The van der Waals surface area contributed by atoms with Crippen LogP contribution in [0, 0.1) is 0 Å². The lowest BCUT2D eigenvalue weighted by Gasteiger charge is -2.17. The van der Waals surface area contributed by atoms with E-state index in [1.807, 2.05) is 36.4 Å². The van der Waals surface area contributed by atoms with Gasteiger partial charge >= 0.3 is 0 Å². The molecule has 0 radical (unpaired) electrons. The molecule has 0 aliphatic carbocycles. The van der Waals surface area contributed by atoms with Crippen molar-refractivity contribution in [3.8, 4) is 0 Å². The van der Waals surface area contributed by atoms with Gasteiger partial charge in [-0.15, -0.1) is 0 Å².